The molecule has 0 spiro atoms. The van der Waals surface area contributed by atoms with Crippen LogP contribution >= 0.6 is 27.3 Å². The molecule has 2 heterocycles. The number of imidazole rings is 1. The minimum absolute atomic E-state index is 0.819. The highest BCUT2D eigenvalue weighted by atomic mass is 79.9. The van der Waals surface area contributed by atoms with Crippen molar-refractivity contribution >= 4 is 43.3 Å². The molecule has 17 heavy (non-hydrogen) atoms. The monoisotopic (exact) mass is 307 g/mol. The molecule has 0 saturated heterocycles. The van der Waals surface area contributed by atoms with Gasteiger partial charge in [-0.1, -0.05) is 15.9 Å². The van der Waals surface area contributed by atoms with E-state index in [9.17, 15) is 0 Å². The van der Waals surface area contributed by atoms with Gasteiger partial charge in [0.15, 0.2) is 0 Å². The van der Waals surface area contributed by atoms with Crippen LogP contribution in [0.4, 0.5) is 5.00 Å². The second-order valence-electron chi connectivity index (χ2n) is 3.91. The van der Waals surface area contributed by atoms with Crippen molar-refractivity contribution in [2.24, 2.45) is 0 Å². The van der Waals surface area contributed by atoms with Gasteiger partial charge in [-0.05, 0) is 36.8 Å². The van der Waals surface area contributed by atoms with Gasteiger partial charge in [0.05, 0.1) is 20.9 Å². The molecule has 3 nitrogen and oxygen atoms in total. The average molecular weight is 308 g/mol. The predicted molar refractivity (Wildman–Crippen MR) is 76.3 cm³/mol. The van der Waals surface area contributed by atoms with Gasteiger partial charge in [-0.25, -0.2) is 4.98 Å². The summed E-state index contributed by atoms with van der Waals surface area (Å²) in [4.78, 5) is 9.00. The van der Waals surface area contributed by atoms with Crippen molar-refractivity contribution in [2.45, 2.75) is 6.92 Å². The molecule has 0 amide bonds. The number of nitrogen functional groups attached to an aromatic ring is 1. The standard InChI is InChI=1S/C12H10BrN3S/c1-6-4-10(14)17-11(6)12-15-8-3-2-7(13)5-9(8)16-12/h2-5H,14H2,1H3,(H,15,16). The van der Waals surface area contributed by atoms with E-state index in [1.165, 1.54) is 0 Å². The Balaban J connectivity index is 2.21. The Morgan fingerprint density at radius 3 is 2.88 bits per heavy atom. The van der Waals surface area contributed by atoms with Crippen LogP contribution in [0.3, 0.4) is 0 Å². The molecule has 0 unspecified atom stereocenters. The smallest absolute Gasteiger partial charge is 0.148 e. The summed E-state index contributed by atoms with van der Waals surface area (Å²) >= 11 is 5.01. The first-order valence-electron chi connectivity index (χ1n) is 5.15. The first kappa shape index (κ1) is 10.8. The van der Waals surface area contributed by atoms with Crippen molar-refractivity contribution < 1.29 is 0 Å². The third kappa shape index (κ3) is 1.85. The molecule has 5 heteroatoms. The lowest BCUT2D eigenvalue weighted by Crippen LogP contribution is -1.77. The van der Waals surface area contributed by atoms with E-state index in [-0.39, 0.29) is 0 Å². The van der Waals surface area contributed by atoms with E-state index in [1.807, 2.05) is 31.2 Å². The molecular formula is C12H10BrN3S. The maximum Gasteiger partial charge on any atom is 0.148 e. The van der Waals surface area contributed by atoms with Gasteiger partial charge in [0.2, 0.25) is 0 Å². The SMILES string of the molecule is Cc1cc(N)sc1-c1nc2ccc(Br)cc2[nH]1. The number of hydrogen-bond acceptors (Lipinski definition) is 3. The molecule has 86 valence electrons. The van der Waals surface area contributed by atoms with Crippen molar-refractivity contribution in [3.8, 4) is 10.7 Å². The van der Waals surface area contributed by atoms with Crippen molar-refractivity contribution in [3.05, 3.63) is 34.3 Å². The Hall–Kier alpha value is -1.33. The number of aromatic nitrogens is 2. The van der Waals surface area contributed by atoms with Crippen LogP contribution in [0.25, 0.3) is 21.7 Å². The minimum Gasteiger partial charge on any atom is -0.391 e. The van der Waals surface area contributed by atoms with Gasteiger partial charge >= 0.3 is 0 Å². The summed E-state index contributed by atoms with van der Waals surface area (Å²) in [7, 11) is 0. The van der Waals surface area contributed by atoms with E-state index >= 15 is 0 Å². The van der Waals surface area contributed by atoms with E-state index < -0.39 is 0 Å². The van der Waals surface area contributed by atoms with Crippen LogP contribution in [0.15, 0.2) is 28.7 Å². The second kappa shape index (κ2) is 3.85. The fourth-order valence-electron chi connectivity index (χ4n) is 1.83. The number of nitrogens with two attached hydrogens (primary N) is 1. The van der Waals surface area contributed by atoms with Crippen molar-refractivity contribution in [1.82, 2.24) is 9.97 Å². The third-order valence-electron chi connectivity index (χ3n) is 2.60. The first-order valence-corrected chi connectivity index (χ1v) is 6.76. The molecule has 0 saturated carbocycles. The highest BCUT2D eigenvalue weighted by molar-refractivity contribution is 9.10. The van der Waals surface area contributed by atoms with Crippen LogP contribution in [0.2, 0.25) is 0 Å². The maximum atomic E-state index is 5.80. The number of aromatic amines is 1. The highest BCUT2D eigenvalue weighted by Crippen LogP contribution is 2.33. The van der Waals surface area contributed by atoms with Crippen molar-refractivity contribution in [3.63, 3.8) is 0 Å². The third-order valence-corrected chi connectivity index (χ3v) is 4.16. The lowest BCUT2D eigenvalue weighted by molar-refractivity contribution is 1.34. The van der Waals surface area contributed by atoms with Gasteiger partial charge in [-0.15, -0.1) is 11.3 Å². The zero-order valence-electron chi connectivity index (χ0n) is 9.12. The molecule has 0 atom stereocenters. The molecule has 0 fully saturated rings. The lowest BCUT2D eigenvalue weighted by Gasteiger charge is -1.91. The number of fused-ring (bicyclic) bond motifs is 1. The topological polar surface area (TPSA) is 54.7 Å². The Labute approximate surface area is 111 Å². The Kier molecular flexibility index (Phi) is 2.45. The molecule has 3 aromatic rings. The predicted octanol–water partition coefficient (Wildman–Crippen LogP) is 3.94. The van der Waals surface area contributed by atoms with E-state index in [0.717, 1.165) is 36.8 Å². The number of rotatable bonds is 1. The minimum atomic E-state index is 0.819. The number of thiophene rings is 1. The number of benzene rings is 1. The molecule has 2 aromatic heterocycles. The summed E-state index contributed by atoms with van der Waals surface area (Å²) in [6.45, 7) is 2.05. The number of halogens is 1. The number of anilines is 1. The van der Waals surface area contributed by atoms with E-state index in [4.69, 9.17) is 5.73 Å². The van der Waals surface area contributed by atoms with Crippen LogP contribution in [-0.2, 0) is 0 Å². The van der Waals surface area contributed by atoms with E-state index in [0.29, 0.717) is 0 Å². The molecule has 0 bridgehead atoms. The maximum absolute atomic E-state index is 5.80. The van der Waals surface area contributed by atoms with Gasteiger partial charge in [0.25, 0.3) is 0 Å². The summed E-state index contributed by atoms with van der Waals surface area (Å²) in [5.74, 6) is 0.886. The quantitative estimate of drug-likeness (QED) is 0.715. The van der Waals surface area contributed by atoms with E-state index in [1.54, 1.807) is 11.3 Å². The van der Waals surface area contributed by atoms with Gasteiger partial charge < -0.3 is 10.7 Å². The normalized spacial score (nSPS) is 11.2. The van der Waals surface area contributed by atoms with Crippen molar-refractivity contribution in [2.75, 3.05) is 5.73 Å². The van der Waals surface area contributed by atoms with Gasteiger partial charge in [0.1, 0.15) is 5.82 Å². The molecule has 0 aliphatic rings. The summed E-state index contributed by atoms with van der Waals surface area (Å²) in [5.41, 5.74) is 8.96. The van der Waals surface area contributed by atoms with Crippen LogP contribution < -0.4 is 5.73 Å². The van der Waals surface area contributed by atoms with Gasteiger partial charge in [-0.3, -0.25) is 0 Å². The van der Waals surface area contributed by atoms with Crippen LogP contribution in [-0.4, -0.2) is 9.97 Å². The summed E-state index contributed by atoms with van der Waals surface area (Å²) in [5, 5.41) is 0.819. The first-order chi connectivity index (χ1) is 8.13. The molecule has 0 aliphatic heterocycles. The Bertz CT molecular complexity index is 699. The zero-order valence-corrected chi connectivity index (χ0v) is 11.5. The number of nitrogens with one attached hydrogen (secondary N) is 1. The zero-order chi connectivity index (χ0) is 12.0. The molecule has 3 N–H and O–H groups in total. The highest BCUT2D eigenvalue weighted by Gasteiger charge is 2.11. The molecule has 1 aromatic carbocycles. The summed E-state index contributed by atoms with van der Waals surface area (Å²) < 4.78 is 1.04. The Morgan fingerprint density at radius 1 is 1.35 bits per heavy atom. The van der Waals surface area contributed by atoms with Crippen LogP contribution in [0, 0.1) is 6.92 Å². The lowest BCUT2D eigenvalue weighted by atomic mass is 10.3. The van der Waals surface area contributed by atoms with E-state index in [2.05, 4.69) is 25.9 Å². The average Bonchev–Trinajstić information content (AvgIpc) is 2.80. The van der Waals surface area contributed by atoms with Crippen LogP contribution in [0.1, 0.15) is 5.56 Å². The Morgan fingerprint density at radius 2 is 2.18 bits per heavy atom. The second-order valence-corrected chi connectivity index (χ2v) is 5.91. The molecule has 0 radical (unpaired) electrons. The number of aryl methyl sites for hydroxylation is 1. The fourth-order valence-corrected chi connectivity index (χ4v) is 3.08. The summed E-state index contributed by atoms with van der Waals surface area (Å²) in [6, 6.07) is 7.98. The fraction of sp³-hybridized carbons (Fsp3) is 0.0833. The van der Waals surface area contributed by atoms with Crippen molar-refractivity contribution in [1.29, 1.82) is 0 Å². The number of H-pyrrole nitrogens is 1. The number of hydrogen-bond donors (Lipinski definition) is 2. The van der Waals surface area contributed by atoms with Crippen LogP contribution in [0.5, 0.6) is 0 Å². The molecular weight excluding hydrogens is 298 g/mol. The number of nitrogens with zero attached hydrogens (tertiary/aromatic N) is 1. The summed E-state index contributed by atoms with van der Waals surface area (Å²) in [6.07, 6.45) is 0. The van der Waals surface area contributed by atoms with Gasteiger partial charge in [-0.2, -0.15) is 0 Å². The van der Waals surface area contributed by atoms with Gasteiger partial charge in [0, 0.05) is 4.47 Å². The molecule has 0 aliphatic carbocycles. The molecule has 3 rings (SSSR count). The largest absolute Gasteiger partial charge is 0.391 e.